The highest BCUT2D eigenvalue weighted by Gasteiger charge is 2.21. The molecule has 2 heterocycles. The van der Waals surface area contributed by atoms with E-state index in [4.69, 9.17) is 9.47 Å². The predicted octanol–water partition coefficient (Wildman–Crippen LogP) is 3.93. The minimum atomic E-state index is -0.315. The van der Waals surface area contributed by atoms with Crippen LogP contribution in [0.2, 0.25) is 0 Å². The molecule has 92 valence electrons. The molecule has 0 aliphatic carbocycles. The van der Waals surface area contributed by atoms with E-state index < -0.39 is 0 Å². The maximum absolute atomic E-state index is 11.6. The summed E-state index contributed by atoms with van der Waals surface area (Å²) in [4.78, 5) is 12.2. The van der Waals surface area contributed by atoms with Gasteiger partial charge in [0.15, 0.2) is 10.6 Å². The summed E-state index contributed by atoms with van der Waals surface area (Å²) in [7, 11) is 1.39. The van der Waals surface area contributed by atoms with E-state index in [0.717, 1.165) is 22.2 Å². The Labute approximate surface area is 108 Å². The molecule has 0 radical (unpaired) electrons. The maximum Gasteiger partial charge on any atom is 0.351 e. The molecule has 0 spiro atoms. The van der Waals surface area contributed by atoms with E-state index in [2.05, 4.69) is 6.92 Å². The summed E-state index contributed by atoms with van der Waals surface area (Å²) < 4.78 is 12.6. The summed E-state index contributed by atoms with van der Waals surface area (Å²) in [6, 6.07) is 2.00. The molecule has 3 nitrogen and oxygen atoms in total. The van der Waals surface area contributed by atoms with Crippen LogP contribution in [-0.2, 0) is 4.74 Å². The molecule has 0 saturated heterocycles. The fourth-order valence-electron chi connectivity index (χ4n) is 1.48. The third-order valence-corrected chi connectivity index (χ3v) is 4.53. The first kappa shape index (κ1) is 12.4. The SMILES string of the molecule is CCCCOc1c(C(=O)OC)sc2ccsc12. The summed E-state index contributed by atoms with van der Waals surface area (Å²) in [6.07, 6.45) is 2.06. The topological polar surface area (TPSA) is 35.5 Å². The first-order valence-electron chi connectivity index (χ1n) is 5.49. The molecule has 0 aliphatic rings. The number of unbranched alkanes of at least 4 members (excludes halogenated alkanes) is 1. The number of carbonyl (C=O) groups is 1. The minimum Gasteiger partial charge on any atom is -0.490 e. The van der Waals surface area contributed by atoms with Crippen LogP contribution < -0.4 is 4.74 Å². The summed E-state index contributed by atoms with van der Waals surface area (Å²) >= 11 is 3.03. The van der Waals surface area contributed by atoms with E-state index in [0.29, 0.717) is 17.2 Å². The van der Waals surface area contributed by atoms with Gasteiger partial charge in [-0.1, -0.05) is 13.3 Å². The lowest BCUT2D eigenvalue weighted by molar-refractivity contribution is 0.0602. The van der Waals surface area contributed by atoms with Gasteiger partial charge in [-0.3, -0.25) is 0 Å². The summed E-state index contributed by atoms with van der Waals surface area (Å²) in [5.74, 6) is 0.380. The molecule has 0 aliphatic heterocycles. The normalized spacial score (nSPS) is 10.7. The van der Waals surface area contributed by atoms with Gasteiger partial charge in [-0.25, -0.2) is 4.79 Å². The summed E-state index contributed by atoms with van der Waals surface area (Å²) in [5.41, 5.74) is 0. The van der Waals surface area contributed by atoms with E-state index in [9.17, 15) is 4.79 Å². The van der Waals surface area contributed by atoms with Gasteiger partial charge in [0, 0.05) is 4.70 Å². The number of hydrogen-bond donors (Lipinski definition) is 0. The average molecular weight is 270 g/mol. The minimum absolute atomic E-state index is 0.315. The second-order valence-corrected chi connectivity index (χ2v) is 5.54. The van der Waals surface area contributed by atoms with Crippen molar-refractivity contribution in [1.29, 1.82) is 0 Å². The van der Waals surface area contributed by atoms with Gasteiger partial charge < -0.3 is 9.47 Å². The summed E-state index contributed by atoms with van der Waals surface area (Å²) in [6.45, 7) is 2.75. The number of ether oxygens (including phenoxy) is 2. The Bertz CT molecular complexity index is 513. The van der Waals surface area contributed by atoms with Crippen LogP contribution in [0.5, 0.6) is 5.75 Å². The highest BCUT2D eigenvalue weighted by atomic mass is 32.1. The van der Waals surface area contributed by atoms with Gasteiger partial charge in [0.1, 0.15) is 0 Å². The standard InChI is InChI=1S/C12H14O3S2/c1-3-4-6-15-9-10-8(5-7-16-10)17-11(9)12(13)14-2/h5,7H,3-4,6H2,1-2H3. The molecular weight excluding hydrogens is 256 g/mol. The molecule has 0 N–H and O–H groups in total. The van der Waals surface area contributed by atoms with Crippen molar-refractivity contribution in [3.8, 4) is 5.75 Å². The average Bonchev–Trinajstić information content (AvgIpc) is 2.90. The predicted molar refractivity (Wildman–Crippen MR) is 71.4 cm³/mol. The number of carbonyl (C=O) groups excluding carboxylic acids is 1. The zero-order chi connectivity index (χ0) is 12.3. The van der Waals surface area contributed by atoms with Crippen LogP contribution in [0.15, 0.2) is 11.4 Å². The fraction of sp³-hybridized carbons (Fsp3) is 0.417. The van der Waals surface area contributed by atoms with Gasteiger partial charge in [0.05, 0.1) is 18.4 Å². The molecule has 0 fully saturated rings. The number of fused-ring (bicyclic) bond motifs is 1. The van der Waals surface area contributed by atoms with Crippen molar-refractivity contribution in [1.82, 2.24) is 0 Å². The Morgan fingerprint density at radius 2 is 2.29 bits per heavy atom. The number of methoxy groups -OCH3 is 1. The van der Waals surface area contributed by atoms with Crippen molar-refractivity contribution >= 4 is 38.0 Å². The molecule has 2 rings (SSSR count). The quantitative estimate of drug-likeness (QED) is 0.610. The lowest BCUT2D eigenvalue weighted by Crippen LogP contribution is -2.03. The number of hydrogen-bond acceptors (Lipinski definition) is 5. The van der Waals surface area contributed by atoms with Crippen molar-refractivity contribution in [2.24, 2.45) is 0 Å². The van der Waals surface area contributed by atoms with Crippen LogP contribution >= 0.6 is 22.7 Å². The van der Waals surface area contributed by atoms with Crippen LogP contribution in [0.4, 0.5) is 0 Å². The van der Waals surface area contributed by atoms with E-state index >= 15 is 0 Å². The van der Waals surface area contributed by atoms with Gasteiger partial charge in [-0.05, 0) is 17.9 Å². The highest BCUT2D eigenvalue weighted by molar-refractivity contribution is 7.28. The molecule has 0 unspecified atom stereocenters. The molecule has 0 amide bonds. The molecule has 0 saturated carbocycles. The second kappa shape index (κ2) is 5.51. The van der Waals surface area contributed by atoms with Gasteiger partial charge in [0.25, 0.3) is 0 Å². The second-order valence-electron chi connectivity index (χ2n) is 3.57. The zero-order valence-electron chi connectivity index (χ0n) is 9.82. The van der Waals surface area contributed by atoms with Gasteiger partial charge in [-0.15, -0.1) is 22.7 Å². The van der Waals surface area contributed by atoms with E-state index in [1.54, 1.807) is 11.3 Å². The molecular formula is C12H14O3S2. The Hall–Kier alpha value is -1.07. The Morgan fingerprint density at radius 3 is 3.00 bits per heavy atom. The zero-order valence-corrected chi connectivity index (χ0v) is 11.5. The molecule has 5 heteroatoms. The van der Waals surface area contributed by atoms with Gasteiger partial charge >= 0.3 is 5.97 Å². The molecule has 2 aromatic heterocycles. The van der Waals surface area contributed by atoms with Crippen LogP contribution in [0, 0.1) is 0 Å². The first-order valence-corrected chi connectivity index (χ1v) is 7.18. The summed E-state index contributed by atoms with van der Waals surface area (Å²) in [5, 5.41) is 2.01. The molecule has 2 aromatic rings. The lowest BCUT2D eigenvalue weighted by atomic mass is 10.3. The van der Waals surface area contributed by atoms with Crippen molar-refractivity contribution in [2.75, 3.05) is 13.7 Å². The largest absolute Gasteiger partial charge is 0.490 e. The highest BCUT2D eigenvalue weighted by Crippen LogP contribution is 2.41. The number of esters is 1. The monoisotopic (exact) mass is 270 g/mol. The molecule has 0 bridgehead atoms. The Balaban J connectivity index is 2.33. The third-order valence-electron chi connectivity index (χ3n) is 2.37. The Morgan fingerprint density at radius 1 is 1.47 bits per heavy atom. The van der Waals surface area contributed by atoms with Gasteiger partial charge in [-0.2, -0.15) is 0 Å². The lowest BCUT2D eigenvalue weighted by Gasteiger charge is -2.05. The van der Waals surface area contributed by atoms with Crippen LogP contribution in [-0.4, -0.2) is 19.7 Å². The van der Waals surface area contributed by atoms with Crippen molar-refractivity contribution in [2.45, 2.75) is 19.8 Å². The van der Waals surface area contributed by atoms with Crippen LogP contribution in [0.1, 0.15) is 29.4 Å². The van der Waals surface area contributed by atoms with E-state index in [-0.39, 0.29) is 5.97 Å². The fourth-order valence-corrected chi connectivity index (χ4v) is 3.65. The Kier molecular flexibility index (Phi) is 4.02. The van der Waals surface area contributed by atoms with Crippen molar-refractivity contribution in [3.63, 3.8) is 0 Å². The molecule has 17 heavy (non-hydrogen) atoms. The smallest absolute Gasteiger partial charge is 0.351 e. The first-order chi connectivity index (χ1) is 8.27. The van der Waals surface area contributed by atoms with E-state index in [1.807, 2.05) is 11.4 Å². The molecule has 0 aromatic carbocycles. The van der Waals surface area contributed by atoms with Crippen LogP contribution in [0.3, 0.4) is 0 Å². The van der Waals surface area contributed by atoms with Crippen LogP contribution in [0.25, 0.3) is 9.40 Å². The van der Waals surface area contributed by atoms with Crippen molar-refractivity contribution in [3.05, 3.63) is 16.3 Å². The molecule has 0 atom stereocenters. The number of rotatable bonds is 5. The van der Waals surface area contributed by atoms with Gasteiger partial charge in [0.2, 0.25) is 0 Å². The van der Waals surface area contributed by atoms with E-state index in [1.165, 1.54) is 18.4 Å². The number of thiophene rings is 2. The maximum atomic E-state index is 11.6. The third kappa shape index (κ3) is 2.45. The van der Waals surface area contributed by atoms with Crippen molar-refractivity contribution < 1.29 is 14.3 Å².